The van der Waals surface area contributed by atoms with Gasteiger partial charge < -0.3 is 15.0 Å². The van der Waals surface area contributed by atoms with Crippen molar-refractivity contribution >= 4 is 23.0 Å². The van der Waals surface area contributed by atoms with Gasteiger partial charge >= 0.3 is 6.03 Å². The molecular weight excluding hydrogens is 423 g/mol. The number of hydrogen-bond acceptors (Lipinski definition) is 4. The Bertz CT molecular complexity index is 1190. The van der Waals surface area contributed by atoms with Crippen LogP contribution in [0.2, 0.25) is 0 Å². The quantitative estimate of drug-likeness (QED) is 0.509. The van der Waals surface area contributed by atoms with Crippen molar-refractivity contribution in [3.63, 3.8) is 0 Å². The van der Waals surface area contributed by atoms with E-state index in [1.807, 2.05) is 37.5 Å². The number of rotatable bonds is 8. The van der Waals surface area contributed by atoms with Crippen LogP contribution in [0.1, 0.15) is 42.9 Å². The van der Waals surface area contributed by atoms with E-state index in [0.717, 1.165) is 33.5 Å². The maximum atomic E-state index is 13.5. The number of aliphatic hydroxyl groups is 1. The summed E-state index contributed by atoms with van der Waals surface area (Å²) in [5.74, 6) is -0.833. The van der Waals surface area contributed by atoms with Gasteiger partial charge in [-0.3, -0.25) is 9.69 Å². The topological polar surface area (TPSA) is 87.5 Å². The SMILES string of the molecule is CCCCC1(c2ccc(F)cc2)NC(=O)N(CC(O)Cn2cnc3cc(C)c(C)cc32)C1=O. The Hall–Kier alpha value is -3.26. The minimum atomic E-state index is -1.25. The van der Waals surface area contributed by atoms with E-state index in [0.29, 0.717) is 18.4 Å². The van der Waals surface area contributed by atoms with Gasteiger partial charge in [-0.25, -0.2) is 14.2 Å². The number of imide groups is 1. The molecule has 0 spiro atoms. The van der Waals surface area contributed by atoms with Gasteiger partial charge in [-0.1, -0.05) is 31.9 Å². The number of aliphatic hydroxyl groups excluding tert-OH is 1. The molecule has 4 rings (SSSR count). The molecule has 0 saturated carbocycles. The maximum absolute atomic E-state index is 13.5. The highest BCUT2D eigenvalue weighted by atomic mass is 19.1. The molecule has 0 bridgehead atoms. The number of halogens is 1. The number of nitrogens with zero attached hydrogens (tertiary/aromatic N) is 3. The number of fused-ring (bicyclic) bond motifs is 1. The van der Waals surface area contributed by atoms with Gasteiger partial charge in [0.1, 0.15) is 11.4 Å². The standard InChI is InChI=1S/C25H29FN4O3/c1-4-5-10-25(18-6-8-19(26)9-7-18)23(32)30(24(33)28-25)14-20(31)13-29-15-27-21-11-16(2)17(3)12-22(21)29/h6-9,11-12,15,20,31H,4-5,10,13-14H2,1-3H3,(H,28,33). The normalized spacial score (nSPS) is 19.4. The second-order valence-corrected chi connectivity index (χ2v) is 8.84. The third-order valence-corrected chi connectivity index (χ3v) is 6.46. The van der Waals surface area contributed by atoms with Gasteiger partial charge in [-0.05, 0) is 61.2 Å². The van der Waals surface area contributed by atoms with E-state index >= 15 is 0 Å². The third kappa shape index (κ3) is 4.23. The average molecular weight is 453 g/mol. The number of nitrogens with one attached hydrogen (secondary N) is 1. The van der Waals surface area contributed by atoms with Gasteiger partial charge in [0.2, 0.25) is 0 Å². The molecule has 7 nitrogen and oxygen atoms in total. The number of aryl methyl sites for hydroxylation is 2. The van der Waals surface area contributed by atoms with Gasteiger partial charge in [0.15, 0.2) is 0 Å². The van der Waals surface area contributed by atoms with Crippen molar-refractivity contribution in [2.75, 3.05) is 6.54 Å². The molecule has 1 fully saturated rings. The zero-order valence-electron chi connectivity index (χ0n) is 19.1. The Morgan fingerprint density at radius 3 is 2.52 bits per heavy atom. The fourth-order valence-corrected chi connectivity index (χ4v) is 4.43. The van der Waals surface area contributed by atoms with Crippen molar-refractivity contribution < 1.29 is 19.1 Å². The number of benzene rings is 2. The number of imidazole rings is 1. The van der Waals surface area contributed by atoms with Gasteiger partial charge in [0, 0.05) is 0 Å². The molecule has 1 saturated heterocycles. The summed E-state index contributed by atoms with van der Waals surface area (Å²) in [6.45, 7) is 6.08. The summed E-state index contributed by atoms with van der Waals surface area (Å²) in [4.78, 5) is 31.8. The largest absolute Gasteiger partial charge is 0.389 e. The molecule has 33 heavy (non-hydrogen) atoms. The van der Waals surface area contributed by atoms with Crippen LogP contribution in [0.25, 0.3) is 11.0 Å². The molecule has 1 aromatic heterocycles. The molecule has 2 N–H and O–H groups in total. The van der Waals surface area contributed by atoms with E-state index in [9.17, 15) is 19.1 Å². The van der Waals surface area contributed by atoms with Gasteiger partial charge in [0.05, 0.1) is 36.6 Å². The average Bonchev–Trinajstić information content (AvgIpc) is 3.26. The van der Waals surface area contributed by atoms with E-state index in [1.165, 1.54) is 24.3 Å². The molecule has 174 valence electrons. The molecule has 3 aromatic rings. The summed E-state index contributed by atoms with van der Waals surface area (Å²) >= 11 is 0. The fraction of sp³-hybridized carbons (Fsp3) is 0.400. The third-order valence-electron chi connectivity index (χ3n) is 6.46. The number of urea groups is 1. The van der Waals surface area contributed by atoms with Crippen molar-refractivity contribution in [3.8, 4) is 0 Å². The van der Waals surface area contributed by atoms with E-state index in [2.05, 4.69) is 10.3 Å². The smallest absolute Gasteiger partial charge is 0.325 e. The lowest BCUT2D eigenvalue weighted by Crippen LogP contribution is -2.45. The van der Waals surface area contributed by atoms with Crippen LogP contribution in [0.4, 0.5) is 9.18 Å². The number of hydrogen-bond donors (Lipinski definition) is 2. The molecule has 2 aromatic carbocycles. The second-order valence-electron chi connectivity index (χ2n) is 8.84. The molecule has 2 unspecified atom stereocenters. The zero-order valence-corrected chi connectivity index (χ0v) is 19.1. The van der Waals surface area contributed by atoms with Crippen molar-refractivity contribution in [2.24, 2.45) is 0 Å². The molecular formula is C25H29FN4O3. The molecule has 0 aliphatic carbocycles. The van der Waals surface area contributed by atoms with Crippen LogP contribution in [-0.4, -0.2) is 44.1 Å². The predicted molar refractivity (Wildman–Crippen MR) is 123 cm³/mol. The zero-order chi connectivity index (χ0) is 23.8. The van der Waals surface area contributed by atoms with Crippen LogP contribution in [0, 0.1) is 19.7 Å². The van der Waals surface area contributed by atoms with Crippen LogP contribution < -0.4 is 5.32 Å². The fourth-order valence-electron chi connectivity index (χ4n) is 4.43. The first-order valence-electron chi connectivity index (χ1n) is 11.3. The van der Waals surface area contributed by atoms with E-state index in [1.54, 1.807) is 6.33 Å². The molecule has 2 heterocycles. The molecule has 2 atom stereocenters. The van der Waals surface area contributed by atoms with Gasteiger partial charge in [-0.2, -0.15) is 0 Å². The summed E-state index contributed by atoms with van der Waals surface area (Å²) < 4.78 is 15.3. The minimum absolute atomic E-state index is 0.149. The lowest BCUT2D eigenvalue weighted by Gasteiger charge is -2.27. The van der Waals surface area contributed by atoms with Crippen LogP contribution in [0.3, 0.4) is 0 Å². The molecule has 8 heteroatoms. The molecule has 1 aliphatic rings. The van der Waals surface area contributed by atoms with Gasteiger partial charge in [-0.15, -0.1) is 0 Å². The van der Waals surface area contributed by atoms with Crippen LogP contribution >= 0.6 is 0 Å². The summed E-state index contributed by atoms with van der Waals surface area (Å²) in [5.41, 5.74) is 3.26. The number of amides is 3. The van der Waals surface area contributed by atoms with Gasteiger partial charge in [0.25, 0.3) is 5.91 Å². The Morgan fingerprint density at radius 2 is 1.82 bits per heavy atom. The number of carbonyl (C=O) groups is 2. The Labute approximate surface area is 192 Å². The number of aromatic nitrogens is 2. The highest BCUT2D eigenvalue weighted by Gasteiger charge is 2.52. The summed E-state index contributed by atoms with van der Waals surface area (Å²) in [5, 5.41) is 13.6. The maximum Gasteiger partial charge on any atom is 0.325 e. The van der Waals surface area contributed by atoms with E-state index in [4.69, 9.17) is 0 Å². The van der Waals surface area contributed by atoms with Crippen LogP contribution in [0.15, 0.2) is 42.7 Å². The highest BCUT2D eigenvalue weighted by Crippen LogP contribution is 2.34. The van der Waals surface area contributed by atoms with Crippen molar-refractivity contribution in [1.82, 2.24) is 19.8 Å². The summed E-state index contributed by atoms with van der Waals surface area (Å²) in [6.07, 6.45) is 2.62. The van der Waals surface area contributed by atoms with Crippen LogP contribution in [0.5, 0.6) is 0 Å². The van der Waals surface area contributed by atoms with Crippen molar-refractivity contribution in [3.05, 3.63) is 65.2 Å². The van der Waals surface area contributed by atoms with E-state index in [-0.39, 0.29) is 13.1 Å². The molecule has 1 aliphatic heterocycles. The first kappa shape index (κ1) is 22.9. The second kappa shape index (κ2) is 8.94. The number of β-amino-alcohol motifs (C(OH)–C–C–N with tert-alkyl or cyclic N) is 1. The lowest BCUT2D eigenvalue weighted by atomic mass is 9.84. The Morgan fingerprint density at radius 1 is 1.12 bits per heavy atom. The monoisotopic (exact) mass is 452 g/mol. The number of carbonyl (C=O) groups excluding carboxylic acids is 2. The Balaban J connectivity index is 1.55. The summed E-state index contributed by atoms with van der Waals surface area (Å²) in [7, 11) is 0. The van der Waals surface area contributed by atoms with Crippen LogP contribution in [-0.2, 0) is 16.9 Å². The molecule has 3 amide bonds. The lowest BCUT2D eigenvalue weighted by molar-refractivity contribution is -0.133. The summed E-state index contributed by atoms with van der Waals surface area (Å²) in [6, 6.07) is 9.09. The molecule has 0 radical (unpaired) electrons. The Kier molecular flexibility index (Phi) is 6.21. The van der Waals surface area contributed by atoms with Crippen molar-refractivity contribution in [2.45, 2.75) is 58.2 Å². The highest BCUT2D eigenvalue weighted by molar-refractivity contribution is 6.07. The predicted octanol–water partition coefficient (Wildman–Crippen LogP) is 3.79. The van der Waals surface area contributed by atoms with E-state index < -0.39 is 29.4 Å². The minimum Gasteiger partial charge on any atom is -0.389 e. The first-order chi connectivity index (χ1) is 15.7. The first-order valence-corrected chi connectivity index (χ1v) is 11.3. The van der Waals surface area contributed by atoms with Crippen molar-refractivity contribution in [1.29, 1.82) is 0 Å². The number of unbranched alkanes of at least 4 members (excludes halogenated alkanes) is 1.